The van der Waals surface area contributed by atoms with Crippen LogP contribution >= 0.6 is 0 Å². The summed E-state index contributed by atoms with van der Waals surface area (Å²) in [6.45, 7) is 4.96. The second-order valence-corrected chi connectivity index (χ2v) is 3.82. The predicted octanol–water partition coefficient (Wildman–Crippen LogP) is 0.887. The van der Waals surface area contributed by atoms with Gasteiger partial charge in [-0.15, -0.1) is 0 Å². The molecule has 0 radical (unpaired) electrons. The Hall–Kier alpha value is -0.870. The van der Waals surface area contributed by atoms with Gasteiger partial charge in [0.15, 0.2) is 0 Å². The minimum atomic E-state index is -0.376. The lowest BCUT2D eigenvalue weighted by atomic mass is 10.1. The van der Waals surface area contributed by atoms with E-state index in [1.807, 2.05) is 24.6 Å². The molecule has 1 heterocycles. The van der Waals surface area contributed by atoms with E-state index < -0.39 is 0 Å². The lowest BCUT2D eigenvalue weighted by molar-refractivity contribution is 0.147. The summed E-state index contributed by atoms with van der Waals surface area (Å²) >= 11 is 0. The summed E-state index contributed by atoms with van der Waals surface area (Å²) in [6, 6.07) is 2.01. The van der Waals surface area contributed by atoms with Gasteiger partial charge >= 0.3 is 0 Å². The number of nitrogens with zero attached hydrogens (tertiary/aromatic N) is 2. The van der Waals surface area contributed by atoms with E-state index in [4.69, 9.17) is 5.11 Å². The molecule has 4 heteroatoms. The summed E-state index contributed by atoms with van der Waals surface area (Å²) in [4.78, 5) is 0. The summed E-state index contributed by atoms with van der Waals surface area (Å²) in [5.74, 6) is 0. The molecule has 0 saturated heterocycles. The van der Waals surface area contributed by atoms with Gasteiger partial charge < -0.3 is 10.2 Å². The second kappa shape index (κ2) is 5.88. The second-order valence-electron chi connectivity index (χ2n) is 3.82. The zero-order valence-corrected chi connectivity index (χ0v) is 9.48. The highest BCUT2D eigenvalue weighted by atomic mass is 16.3. The van der Waals surface area contributed by atoms with Gasteiger partial charge in [-0.2, -0.15) is 5.10 Å². The first-order valence-electron chi connectivity index (χ1n) is 5.49. The van der Waals surface area contributed by atoms with Crippen molar-refractivity contribution in [1.29, 1.82) is 0 Å². The number of aromatic nitrogens is 2. The van der Waals surface area contributed by atoms with E-state index in [-0.39, 0.29) is 12.7 Å². The van der Waals surface area contributed by atoms with Crippen molar-refractivity contribution in [1.82, 2.24) is 9.78 Å². The molecule has 0 aliphatic carbocycles. The Labute approximate surface area is 90.5 Å². The van der Waals surface area contributed by atoms with Crippen LogP contribution in [0.15, 0.2) is 6.07 Å². The molecule has 1 aromatic rings. The van der Waals surface area contributed by atoms with E-state index in [1.165, 1.54) is 0 Å². The minimum Gasteiger partial charge on any atom is -0.396 e. The highest BCUT2D eigenvalue weighted by Gasteiger charge is 2.10. The summed E-state index contributed by atoms with van der Waals surface area (Å²) in [5.41, 5.74) is 2.06. The molecule has 1 unspecified atom stereocenters. The Morgan fingerprint density at radius 2 is 2.27 bits per heavy atom. The molecule has 2 N–H and O–H groups in total. The standard InChI is InChI=1S/C11H20N2O2/c1-3-13-10(7-9(2)12-13)8-11(15)5-4-6-14/h7,11,14-15H,3-6,8H2,1-2H3. The summed E-state index contributed by atoms with van der Waals surface area (Å²) in [5, 5.41) is 22.7. The lowest BCUT2D eigenvalue weighted by Gasteiger charge is -2.10. The van der Waals surface area contributed by atoms with Gasteiger partial charge in [0.1, 0.15) is 0 Å². The highest BCUT2D eigenvalue weighted by molar-refractivity contribution is 5.09. The van der Waals surface area contributed by atoms with Crippen molar-refractivity contribution in [2.75, 3.05) is 6.61 Å². The Balaban J connectivity index is 2.54. The third-order valence-corrected chi connectivity index (χ3v) is 2.43. The fourth-order valence-electron chi connectivity index (χ4n) is 1.71. The largest absolute Gasteiger partial charge is 0.396 e. The first-order valence-corrected chi connectivity index (χ1v) is 5.49. The number of hydrogen-bond acceptors (Lipinski definition) is 3. The summed E-state index contributed by atoms with van der Waals surface area (Å²) in [6.07, 6.45) is 1.54. The molecule has 0 aromatic carbocycles. The quantitative estimate of drug-likeness (QED) is 0.736. The van der Waals surface area contributed by atoms with E-state index in [1.54, 1.807) is 0 Å². The molecule has 0 bridgehead atoms. The van der Waals surface area contributed by atoms with Crippen molar-refractivity contribution in [2.24, 2.45) is 0 Å². The van der Waals surface area contributed by atoms with Crippen LogP contribution in [0.25, 0.3) is 0 Å². The molecule has 0 saturated carbocycles. The zero-order chi connectivity index (χ0) is 11.3. The maximum atomic E-state index is 9.71. The molecule has 0 aliphatic rings. The number of aliphatic hydroxyl groups is 2. The van der Waals surface area contributed by atoms with Gasteiger partial charge in [-0.3, -0.25) is 4.68 Å². The van der Waals surface area contributed by atoms with Crippen LogP contribution in [0.3, 0.4) is 0 Å². The van der Waals surface area contributed by atoms with E-state index >= 15 is 0 Å². The van der Waals surface area contributed by atoms with Crippen LogP contribution in [0.1, 0.15) is 31.2 Å². The normalized spacial score (nSPS) is 13.1. The third kappa shape index (κ3) is 3.64. The lowest BCUT2D eigenvalue weighted by Crippen LogP contribution is -2.14. The summed E-state index contributed by atoms with van der Waals surface area (Å²) in [7, 11) is 0. The van der Waals surface area contributed by atoms with Crippen LogP contribution in [-0.4, -0.2) is 32.7 Å². The van der Waals surface area contributed by atoms with Gasteiger partial charge in [-0.05, 0) is 32.8 Å². The van der Waals surface area contributed by atoms with Crippen molar-refractivity contribution < 1.29 is 10.2 Å². The van der Waals surface area contributed by atoms with Crippen LogP contribution < -0.4 is 0 Å². The smallest absolute Gasteiger partial charge is 0.0596 e. The third-order valence-electron chi connectivity index (χ3n) is 2.43. The molecule has 1 aromatic heterocycles. The van der Waals surface area contributed by atoms with E-state index in [9.17, 15) is 5.11 Å². The molecule has 4 nitrogen and oxygen atoms in total. The Bertz CT molecular complexity index is 297. The fourth-order valence-corrected chi connectivity index (χ4v) is 1.71. The number of rotatable bonds is 6. The van der Waals surface area contributed by atoms with Gasteiger partial charge in [0.05, 0.1) is 11.8 Å². The van der Waals surface area contributed by atoms with Crippen LogP contribution in [0.4, 0.5) is 0 Å². The molecule has 0 fully saturated rings. The van der Waals surface area contributed by atoms with Crippen molar-refractivity contribution in [3.8, 4) is 0 Å². The molecular formula is C11H20N2O2. The van der Waals surface area contributed by atoms with Crippen LogP contribution in [-0.2, 0) is 13.0 Å². The zero-order valence-electron chi connectivity index (χ0n) is 9.48. The van der Waals surface area contributed by atoms with Gasteiger partial charge in [0.25, 0.3) is 0 Å². The molecule has 15 heavy (non-hydrogen) atoms. The van der Waals surface area contributed by atoms with E-state index in [2.05, 4.69) is 5.10 Å². The Morgan fingerprint density at radius 1 is 1.53 bits per heavy atom. The predicted molar refractivity (Wildman–Crippen MR) is 58.7 cm³/mol. The highest BCUT2D eigenvalue weighted by Crippen LogP contribution is 2.09. The number of aryl methyl sites for hydroxylation is 2. The van der Waals surface area contributed by atoms with Crippen molar-refractivity contribution in [2.45, 2.75) is 45.8 Å². The van der Waals surface area contributed by atoms with Crippen LogP contribution in [0.5, 0.6) is 0 Å². The molecule has 86 valence electrons. The van der Waals surface area contributed by atoms with Gasteiger partial charge in [-0.25, -0.2) is 0 Å². The molecule has 1 atom stereocenters. The SMILES string of the molecule is CCn1nc(C)cc1CC(O)CCCO. The first kappa shape index (κ1) is 12.2. The van der Waals surface area contributed by atoms with Gasteiger partial charge in [0, 0.05) is 25.3 Å². The van der Waals surface area contributed by atoms with Crippen LogP contribution in [0, 0.1) is 6.92 Å². The molecule has 0 aliphatic heterocycles. The molecule has 0 amide bonds. The van der Waals surface area contributed by atoms with Crippen molar-refractivity contribution in [3.63, 3.8) is 0 Å². The molecular weight excluding hydrogens is 192 g/mol. The Kier molecular flexibility index (Phi) is 4.78. The minimum absolute atomic E-state index is 0.142. The topological polar surface area (TPSA) is 58.3 Å². The van der Waals surface area contributed by atoms with E-state index in [0.29, 0.717) is 19.3 Å². The van der Waals surface area contributed by atoms with E-state index in [0.717, 1.165) is 17.9 Å². The van der Waals surface area contributed by atoms with Crippen molar-refractivity contribution >= 4 is 0 Å². The first-order chi connectivity index (χ1) is 7.17. The van der Waals surface area contributed by atoms with Crippen LogP contribution in [0.2, 0.25) is 0 Å². The van der Waals surface area contributed by atoms with Gasteiger partial charge in [0.2, 0.25) is 0 Å². The monoisotopic (exact) mass is 212 g/mol. The average Bonchev–Trinajstić information content (AvgIpc) is 2.55. The summed E-state index contributed by atoms with van der Waals surface area (Å²) < 4.78 is 1.91. The molecule has 1 rings (SSSR count). The maximum Gasteiger partial charge on any atom is 0.0596 e. The van der Waals surface area contributed by atoms with Gasteiger partial charge in [-0.1, -0.05) is 0 Å². The Morgan fingerprint density at radius 3 is 2.87 bits per heavy atom. The number of aliphatic hydroxyl groups excluding tert-OH is 2. The number of hydrogen-bond donors (Lipinski definition) is 2. The van der Waals surface area contributed by atoms with Crippen molar-refractivity contribution in [3.05, 3.63) is 17.5 Å². The average molecular weight is 212 g/mol. The maximum absolute atomic E-state index is 9.71. The fraction of sp³-hybridized carbons (Fsp3) is 0.727. The molecule has 0 spiro atoms.